The number of hydrogen-bond donors (Lipinski definition) is 0. The molecule has 8 nitrogen and oxygen atoms in total. The van der Waals surface area contributed by atoms with E-state index in [0.717, 1.165) is 67.3 Å². The van der Waals surface area contributed by atoms with Crippen LogP contribution in [0.2, 0.25) is 0 Å². The molecule has 20 aromatic carbocycles. The van der Waals surface area contributed by atoms with Gasteiger partial charge in [-0.25, -0.2) is 15.0 Å². The van der Waals surface area contributed by atoms with E-state index in [4.69, 9.17) is 15.0 Å². The molecule has 8 heteroatoms. The third kappa shape index (κ3) is 10.6. The van der Waals surface area contributed by atoms with Gasteiger partial charge >= 0.3 is 0 Å². The zero-order valence-electron chi connectivity index (χ0n) is 67.6. The van der Waals surface area contributed by atoms with Crippen LogP contribution in [0.25, 0.3) is 232 Å². The molecule has 0 bridgehead atoms. The minimum Gasteiger partial charge on any atom is -0.311 e. The van der Waals surface area contributed by atoms with Gasteiger partial charge in [-0.05, 0) is 170 Å². The van der Waals surface area contributed by atoms with E-state index in [9.17, 15) is 0 Å². The normalized spacial score (nSPS) is 12.0. The van der Waals surface area contributed by atoms with Gasteiger partial charge in [0.25, 0.3) is 0 Å². The van der Waals surface area contributed by atoms with Crippen molar-refractivity contribution in [1.29, 1.82) is 0 Å². The standard InChI is InChI=1S/C59H35N5.C58H37N3/c1-4-18-36(19-5-1)57-60-58(37-20-6-2-7-21-37)62-59(61-57)45-34-35-49(42-27-13-12-26-41(42)45)64-50-33-17-30-44-40-25-11-10-24-39(40)43-29-16-31-47-51(43)54(52(44)50)56(64)53-46-28-14-15-32-48(46)63(55(47)53)38-22-8-3-9-23-38;1-4-16-40(17-5-1)59(41-18-6-2-7-19-41)43-34-30-38(31-35-43)39-32-36-44(37-33-39)61-52-29-15-26-48-46-23-11-10-22-45(46)47-25-14-27-50-53(47)56(54(48)52)58(61)55-49-24-12-13-28-51(49)60(57(50)55)42-20-8-3-9-21-42/h1-35H;1-37H. The molecular weight excluding hydrogens is 1520 g/mol. The van der Waals surface area contributed by atoms with Crippen LogP contribution in [0, 0.1) is 0 Å². The van der Waals surface area contributed by atoms with Crippen LogP contribution in [-0.4, -0.2) is 33.2 Å². The zero-order valence-corrected chi connectivity index (χ0v) is 67.6. The average molecular weight is 1590 g/mol. The lowest BCUT2D eigenvalue weighted by molar-refractivity contribution is 1.08. The van der Waals surface area contributed by atoms with Crippen molar-refractivity contribution in [1.82, 2.24) is 33.2 Å². The Morgan fingerprint density at radius 2 is 0.480 bits per heavy atom. The Kier molecular flexibility index (Phi) is 15.6. The van der Waals surface area contributed by atoms with Gasteiger partial charge in [-0.3, -0.25) is 0 Å². The van der Waals surface area contributed by atoms with Crippen molar-refractivity contribution in [2.45, 2.75) is 0 Å². The van der Waals surface area contributed by atoms with Gasteiger partial charge in [0, 0.05) is 121 Å². The van der Waals surface area contributed by atoms with Crippen LogP contribution < -0.4 is 4.90 Å². The first-order chi connectivity index (χ1) is 62.1. The lowest BCUT2D eigenvalue weighted by Gasteiger charge is -2.25. The predicted molar refractivity (Wildman–Crippen MR) is 521 cm³/mol. The van der Waals surface area contributed by atoms with E-state index in [-0.39, 0.29) is 0 Å². The van der Waals surface area contributed by atoms with Crippen LogP contribution in [0.5, 0.6) is 0 Å². The summed E-state index contributed by atoms with van der Waals surface area (Å²) in [5.74, 6) is 1.92. The highest BCUT2D eigenvalue weighted by molar-refractivity contribution is 6.43. The molecule has 27 rings (SSSR count). The summed E-state index contributed by atoms with van der Waals surface area (Å²) in [4.78, 5) is 17.7. The Balaban J connectivity index is 0.000000133. The molecule has 0 saturated carbocycles. The van der Waals surface area contributed by atoms with Gasteiger partial charge in [-0.2, -0.15) is 0 Å². The highest BCUT2D eigenvalue weighted by atomic mass is 15.1. The Morgan fingerprint density at radius 3 is 0.952 bits per heavy atom. The molecule has 0 saturated heterocycles. The zero-order chi connectivity index (χ0) is 81.9. The molecule has 2 aliphatic carbocycles. The quantitative estimate of drug-likeness (QED) is 0.129. The second-order valence-corrected chi connectivity index (χ2v) is 32.7. The van der Waals surface area contributed by atoms with Gasteiger partial charge in [0.15, 0.2) is 17.5 Å². The largest absolute Gasteiger partial charge is 0.311 e. The van der Waals surface area contributed by atoms with E-state index in [1.807, 2.05) is 36.4 Å². The van der Waals surface area contributed by atoms with Gasteiger partial charge in [0.1, 0.15) is 0 Å². The van der Waals surface area contributed by atoms with Gasteiger partial charge in [-0.15, -0.1) is 0 Å². The molecule has 580 valence electrons. The van der Waals surface area contributed by atoms with Gasteiger partial charge < -0.3 is 23.2 Å². The fraction of sp³-hybridized carbons (Fsp3) is 0. The first-order valence-corrected chi connectivity index (χ1v) is 42.8. The number of benzene rings is 20. The topological polar surface area (TPSA) is 61.6 Å². The molecule has 0 aliphatic heterocycles. The van der Waals surface area contributed by atoms with E-state index in [1.54, 1.807) is 0 Å². The molecule has 25 aromatic rings. The molecule has 0 N–H and O–H groups in total. The van der Waals surface area contributed by atoms with E-state index >= 15 is 0 Å². The van der Waals surface area contributed by atoms with Crippen molar-refractivity contribution in [3.63, 3.8) is 0 Å². The van der Waals surface area contributed by atoms with Crippen LogP contribution in [0.4, 0.5) is 17.1 Å². The molecule has 5 heterocycles. The van der Waals surface area contributed by atoms with Gasteiger partial charge in [-0.1, -0.05) is 328 Å². The Morgan fingerprint density at radius 1 is 0.160 bits per heavy atom. The molecule has 5 aromatic heterocycles. The summed E-state index contributed by atoms with van der Waals surface area (Å²) in [7, 11) is 0. The molecule has 0 fully saturated rings. The van der Waals surface area contributed by atoms with Crippen LogP contribution in [0.3, 0.4) is 0 Å². The SMILES string of the molecule is c1ccc(-c2nc(-c3ccccc3)nc(-c3ccc(-n4c5cccc6c5c5c7c(cccc7c7c(c8ccccc8n7-c7ccccc7)c54)-c4ccccc4-6)c4ccccc34)n2)cc1.c1ccc(N(c2ccccc2)c2ccc(-c3ccc(-n4c5cccc6c5c5c7c(cccc7c7c(c8ccccc8n7-c7ccccc7)c54)-c4ccccc4-6)cc3)cc2)cc1. The average Bonchev–Trinajstić information content (AvgIpc) is 1.51. The van der Waals surface area contributed by atoms with Crippen molar-refractivity contribution in [3.8, 4) is 113 Å². The van der Waals surface area contributed by atoms with E-state index < -0.39 is 0 Å². The maximum absolute atomic E-state index is 5.20. The molecule has 0 spiro atoms. The summed E-state index contributed by atoms with van der Waals surface area (Å²) >= 11 is 0. The predicted octanol–water partition coefficient (Wildman–Crippen LogP) is 30.8. The summed E-state index contributed by atoms with van der Waals surface area (Å²) in [6, 6.07) is 158. The summed E-state index contributed by atoms with van der Waals surface area (Å²) in [6.07, 6.45) is 0. The van der Waals surface area contributed by atoms with Crippen molar-refractivity contribution in [2.75, 3.05) is 4.90 Å². The van der Waals surface area contributed by atoms with E-state index in [1.165, 1.54) is 164 Å². The van der Waals surface area contributed by atoms with E-state index in [0.29, 0.717) is 17.5 Å². The van der Waals surface area contributed by atoms with Crippen molar-refractivity contribution < 1.29 is 0 Å². The summed E-state index contributed by atoms with van der Waals surface area (Å²) in [5, 5.41) is 17.4. The van der Waals surface area contributed by atoms with Crippen LogP contribution in [-0.2, 0) is 0 Å². The number of hydrogen-bond acceptors (Lipinski definition) is 4. The summed E-state index contributed by atoms with van der Waals surface area (Å²) in [6.45, 7) is 0. The molecule has 0 unspecified atom stereocenters. The fourth-order valence-corrected chi connectivity index (χ4v) is 21.0. The lowest BCUT2D eigenvalue weighted by Crippen LogP contribution is -2.09. The number of rotatable bonds is 11. The Hall–Kier alpha value is -16.8. The highest BCUT2D eigenvalue weighted by Gasteiger charge is 2.34. The Bertz CT molecular complexity index is 8640. The van der Waals surface area contributed by atoms with Crippen LogP contribution >= 0.6 is 0 Å². The third-order valence-electron chi connectivity index (χ3n) is 26.1. The second-order valence-electron chi connectivity index (χ2n) is 32.7. The lowest BCUT2D eigenvalue weighted by atomic mass is 9.92. The maximum atomic E-state index is 5.20. The van der Waals surface area contributed by atoms with Crippen molar-refractivity contribution in [3.05, 3.63) is 437 Å². The minimum absolute atomic E-state index is 0.634. The van der Waals surface area contributed by atoms with Gasteiger partial charge in [0.05, 0.1) is 49.8 Å². The molecule has 0 radical (unpaired) electrons. The third-order valence-corrected chi connectivity index (χ3v) is 26.1. The monoisotopic (exact) mass is 1590 g/mol. The van der Waals surface area contributed by atoms with E-state index in [2.05, 4.69) is 424 Å². The Labute approximate surface area is 719 Å². The summed E-state index contributed by atoms with van der Waals surface area (Å²) < 4.78 is 10.1. The van der Waals surface area contributed by atoms with Crippen LogP contribution in [0.1, 0.15) is 0 Å². The van der Waals surface area contributed by atoms with Gasteiger partial charge in [0.2, 0.25) is 0 Å². The number of fused-ring (bicyclic) bond motifs is 17. The molecule has 125 heavy (non-hydrogen) atoms. The molecular formula is C117H72N8. The molecule has 2 aliphatic rings. The first-order valence-electron chi connectivity index (χ1n) is 42.8. The highest BCUT2D eigenvalue weighted by Crippen LogP contribution is 2.57. The number of anilines is 3. The summed E-state index contributed by atoms with van der Waals surface area (Å²) in [5.41, 5.74) is 32.8. The second kappa shape index (κ2) is 27.9. The van der Waals surface area contributed by atoms with Crippen molar-refractivity contribution in [2.24, 2.45) is 0 Å². The molecule has 0 atom stereocenters. The fourth-order valence-electron chi connectivity index (χ4n) is 21.0. The number of nitrogens with zero attached hydrogens (tertiary/aromatic N) is 8. The minimum atomic E-state index is 0.634. The number of aromatic nitrogens is 7. The maximum Gasteiger partial charge on any atom is 0.164 e. The number of para-hydroxylation sites is 6. The van der Waals surface area contributed by atoms with Crippen molar-refractivity contribution >= 4 is 137 Å². The van der Waals surface area contributed by atoms with Crippen LogP contribution in [0.15, 0.2) is 437 Å². The first kappa shape index (κ1) is 70.1. The molecule has 0 amide bonds. The smallest absolute Gasteiger partial charge is 0.164 e.